The molecule has 206 valence electrons. The van der Waals surface area contributed by atoms with Gasteiger partial charge in [0.15, 0.2) is 17.2 Å². The van der Waals surface area contributed by atoms with Gasteiger partial charge in [0, 0.05) is 6.54 Å². The van der Waals surface area contributed by atoms with E-state index in [2.05, 4.69) is 9.69 Å². The molecule has 40 heavy (non-hydrogen) atoms. The largest absolute Gasteiger partial charge is 0.493 e. The summed E-state index contributed by atoms with van der Waals surface area (Å²) in [6.45, 7) is 0.197. The fourth-order valence-electron chi connectivity index (χ4n) is 4.07. The van der Waals surface area contributed by atoms with Crippen molar-refractivity contribution in [3.63, 3.8) is 0 Å². The summed E-state index contributed by atoms with van der Waals surface area (Å²) in [5.74, 6) is -1.31. The first-order valence-corrected chi connectivity index (χ1v) is 13.1. The normalized spacial score (nSPS) is 11.4. The molecule has 0 unspecified atom stereocenters. The lowest BCUT2D eigenvalue weighted by molar-refractivity contribution is -0.122. The highest BCUT2D eigenvalue weighted by Crippen LogP contribution is 2.39. The fraction of sp³-hybridized carbons (Fsp3) is 0.143. The number of nitrogen functional groups attached to an aromatic ring is 1. The topological polar surface area (TPSA) is 150 Å². The predicted octanol–water partition coefficient (Wildman–Crippen LogP) is 4.20. The zero-order chi connectivity index (χ0) is 28.8. The van der Waals surface area contributed by atoms with Crippen LogP contribution in [0.3, 0.4) is 0 Å². The van der Waals surface area contributed by atoms with Gasteiger partial charge in [0.25, 0.3) is 11.8 Å². The third-order valence-corrected chi connectivity index (χ3v) is 7.20. The Morgan fingerprint density at radius 1 is 1.00 bits per heavy atom. The number of methoxy groups -OCH3 is 2. The summed E-state index contributed by atoms with van der Waals surface area (Å²) in [6.07, 6.45) is 0. The molecule has 0 aliphatic rings. The van der Waals surface area contributed by atoms with Crippen LogP contribution in [-0.2, 0) is 11.3 Å². The Morgan fingerprint density at radius 2 is 1.68 bits per heavy atom. The number of halogens is 1. The number of hydrogen-bond donors (Lipinski definition) is 3. The van der Waals surface area contributed by atoms with Crippen LogP contribution in [-0.4, -0.2) is 36.3 Å². The van der Waals surface area contributed by atoms with Gasteiger partial charge in [-0.05, 0) is 46.9 Å². The van der Waals surface area contributed by atoms with Crippen LogP contribution in [0.4, 0.5) is 11.4 Å². The third kappa shape index (κ3) is 5.85. The van der Waals surface area contributed by atoms with Gasteiger partial charge >= 0.3 is 0 Å². The van der Waals surface area contributed by atoms with Gasteiger partial charge in [-0.2, -0.15) is 4.37 Å². The van der Waals surface area contributed by atoms with E-state index >= 15 is 0 Å². The van der Waals surface area contributed by atoms with Crippen molar-refractivity contribution in [2.24, 2.45) is 5.73 Å². The van der Waals surface area contributed by atoms with Crippen molar-refractivity contribution >= 4 is 52.2 Å². The van der Waals surface area contributed by atoms with E-state index in [4.69, 9.17) is 32.5 Å². The molecule has 0 radical (unpaired) electrons. The molecule has 0 spiro atoms. The second-order valence-corrected chi connectivity index (χ2v) is 9.67. The summed E-state index contributed by atoms with van der Waals surface area (Å²) in [5.41, 5.74) is 12.6. The van der Waals surface area contributed by atoms with Crippen molar-refractivity contribution in [2.45, 2.75) is 12.6 Å². The van der Waals surface area contributed by atoms with Gasteiger partial charge in [-0.25, -0.2) is 0 Å². The lowest BCUT2D eigenvalue weighted by atomic mass is 10.0. The van der Waals surface area contributed by atoms with Gasteiger partial charge in [-0.1, -0.05) is 60.1 Å². The van der Waals surface area contributed by atoms with E-state index in [0.717, 1.165) is 5.56 Å². The maximum Gasteiger partial charge on any atom is 0.273 e. The molecule has 4 rings (SSSR count). The van der Waals surface area contributed by atoms with Crippen LogP contribution in [0.15, 0.2) is 72.8 Å². The minimum Gasteiger partial charge on any atom is -0.493 e. The average molecular weight is 580 g/mol. The lowest BCUT2D eigenvalue weighted by Crippen LogP contribution is -2.44. The number of primary amides is 1. The van der Waals surface area contributed by atoms with Crippen LogP contribution in [0, 0.1) is 0 Å². The van der Waals surface area contributed by atoms with Crippen molar-refractivity contribution in [3.05, 3.63) is 99.5 Å². The molecule has 0 bridgehead atoms. The van der Waals surface area contributed by atoms with Crippen LogP contribution in [0.25, 0.3) is 0 Å². The minimum absolute atomic E-state index is 0.0740. The zero-order valence-corrected chi connectivity index (χ0v) is 23.2. The molecule has 3 amide bonds. The molecule has 0 aliphatic carbocycles. The molecule has 10 nitrogen and oxygen atoms in total. The van der Waals surface area contributed by atoms with Crippen LogP contribution in [0.2, 0.25) is 5.02 Å². The summed E-state index contributed by atoms with van der Waals surface area (Å²) < 4.78 is 14.8. The molecule has 3 aromatic carbocycles. The van der Waals surface area contributed by atoms with Crippen LogP contribution >= 0.6 is 23.1 Å². The Bertz CT molecular complexity index is 1550. The molecule has 0 aliphatic heterocycles. The number of amides is 3. The minimum atomic E-state index is -1.26. The first-order valence-electron chi connectivity index (χ1n) is 11.9. The van der Waals surface area contributed by atoms with E-state index in [0.29, 0.717) is 28.6 Å². The number of hydrogen-bond acceptors (Lipinski definition) is 8. The number of benzene rings is 3. The van der Waals surface area contributed by atoms with E-state index < -0.39 is 23.8 Å². The Morgan fingerprint density at radius 3 is 2.30 bits per heavy atom. The lowest BCUT2D eigenvalue weighted by Gasteiger charge is -2.32. The molecule has 1 heterocycles. The number of rotatable bonds is 10. The van der Waals surface area contributed by atoms with E-state index in [1.165, 1.54) is 19.1 Å². The monoisotopic (exact) mass is 579 g/mol. The number of para-hydroxylation sites is 1. The summed E-state index contributed by atoms with van der Waals surface area (Å²) in [5, 5.41) is 3.12. The predicted molar refractivity (Wildman–Crippen MR) is 154 cm³/mol. The summed E-state index contributed by atoms with van der Waals surface area (Å²) in [7, 11) is 2.95. The molecular weight excluding hydrogens is 554 g/mol. The van der Waals surface area contributed by atoms with Gasteiger partial charge in [-0.15, -0.1) is 0 Å². The average Bonchev–Trinajstić information content (AvgIpc) is 3.36. The van der Waals surface area contributed by atoms with Gasteiger partial charge < -0.3 is 26.3 Å². The SMILES string of the molecule is COc1ccc([C@H](C(=O)NCc2ccccc2)N(C(=O)c2snc(C(N)=O)c2N)c2ccccc2Cl)cc1OC. The molecular formula is C28H26ClN5O5S. The summed E-state index contributed by atoms with van der Waals surface area (Å²) >= 11 is 7.28. The zero-order valence-electron chi connectivity index (χ0n) is 21.6. The van der Waals surface area contributed by atoms with Crippen LogP contribution in [0.1, 0.15) is 37.3 Å². The first-order chi connectivity index (χ1) is 19.3. The third-order valence-electron chi connectivity index (χ3n) is 6.03. The molecule has 5 N–H and O–H groups in total. The van der Waals surface area contributed by atoms with E-state index in [9.17, 15) is 14.4 Å². The Kier molecular flexibility index (Phi) is 8.87. The number of anilines is 2. The van der Waals surface area contributed by atoms with E-state index in [1.807, 2.05) is 30.3 Å². The van der Waals surface area contributed by atoms with Crippen molar-refractivity contribution in [1.82, 2.24) is 9.69 Å². The highest BCUT2D eigenvalue weighted by molar-refractivity contribution is 7.09. The number of ether oxygens (including phenoxy) is 2. The van der Waals surface area contributed by atoms with Gasteiger partial charge in [0.1, 0.15) is 10.9 Å². The van der Waals surface area contributed by atoms with Crippen LogP contribution < -0.4 is 31.2 Å². The smallest absolute Gasteiger partial charge is 0.273 e. The summed E-state index contributed by atoms with van der Waals surface area (Å²) in [4.78, 5) is 41.2. The van der Waals surface area contributed by atoms with Crippen molar-refractivity contribution < 1.29 is 23.9 Å². The Hall–Kier alpha value is -4.61. The van der Waals surface area contributed by atoms with Gasteiger partial charge in [-0.3, -0.25) is 19.3 Å². The Balaban J connectivity index is 1.89. The molecule has 1 atom stereocenters. The van der Waals surface area contributed by atoms with Crippen molar-refractivity contribution in [2.75, 3.05) is 24.9 Å². The van der Waals surface area contributed by atoms with Crippen molar-refractivity contribution in [1.29, 1.82) is 0 Å². The fourth-order valence-corrected chi connectivity index (χ4v) is 5.04. The van der Waals surface area contributed by atoms with Gasteiger partial charge in [0.2, 0.25) is 5.91 Å². The second kappa shape index (κ2) is 12.5. The van der Waals surface area contributed by atoms with E-state index in [-0.39, 0.29) is 33.5 Å². The van der Waals surface area contributed by atoms with Crippen molar-refractivity contribution in [3.8, 4) is 11.5 Å². The molecule has 0 fully saturated rings. The molecule has 0 saturated carbocycles. The number of carbonyl (C=O) groups excluding carboxylic acids is 3. The molecule has 12 heteroatoms. The standard InChI is InChI=1S/C28H26ClN5O5S/c1-38-20-13-12-17(14-21(20)39-2)24(27(36)32-15-16-8-4-3-5-9-16)34(19-11-7-6-10-18(19)29)28(37)25-22(30)23(26(31)35)33-40-25/h3-14,24H,15,30H2,1-2H3,(H2,31,35)(H,32,36)/t24-/m1/s1. The van der Waals surface area contributed by atoms with Gasteiger partial charge in [0.05, 0.1) is 30.6 Å². The number of aromatic nitrogens is 1. The maximum absolute atomic E-state index is 14.2. The Labute approximate surface area is 239 Å². The molecule has 0 saturated heterocycles. The molecule has 4 aromatic rings. The highest BCUT2D eigenvalue weighted by Gasteiger charge is 2.37. The van der Waals surface area contributed by atoms with Crippen LogP contribution in [0.5, 0.6) is 11.5 Å². The quantitative estimate of drug-likeness (QED) is 0.255. The first kappa shape index (κ1) is 28.4. The number of nitrogens with two attached hydrogens (primary N) is 2. The summed E-state index contributed by atoms with van der Waals surface area (Å²) in [6, 6.07) is 19.5. The second-order valence-electron chi connectivity index (χ2n) is 8.49. The highest BCUT2D eigenvalue weighted by atomic mass is 35.5. The van der Waals surface area contributed by atoms with E-state index in [1.54, 1.807) is 42.5 Å². The number of nitrogens with zero attached hydrogens (tertiary/aromatic N) is 2. The number of nitrogens with one attached hydrogen (secondary N) is 1. The maximum atomic E-state index is 14.2. The number of carbonyl (C=O) groups is 3. The molecule has 1 aromatic heterocycles.